The molecule has 5 nitrogen and oxygen atoms in total. The van der Waals surface area contributed by atoms with E-state index in [1.54, 1.807) is 7.11 Å². The number of likely N-dealkylation sites (tertiary alicyclic amines) is 2. The fraction of sp³-hybridized carbons (Fsp3) is 0.571. The molecule has 2 aromatic rings. The Morgan fingerprint density at radius 3 is 2.88 bits per heavy atom. The number of amides is 1. The molecule has 2 aliphatic heterocycles. The van der Waals surface area contributed by atoms with Gasteiger partial charge in [-0.3, -0.25) is 9.69 Å². The Kier molecular flexibility index (Phi) is 4.76. The number of methoxy groups -OCH3 is 1. The molecule has 2 fully saturated rings. The van der Waals surface area contributed by atoms with Crippen LogP contribution in [0.4, 0.5) is 0 Å². The normalized spacial score (nSPS) is 24.2. The Morgan fingerprint density at radius 2 is 2.08 bits per heavy atom. The number of carbonyl (C=O) groups excluding carboxylic acids is 1. The van der Waals surface area contributed by atoms with Crippen LogP contribution in [0.15, 0.2) is 24.3 Å². The summed E-state index contributed by atoms with van der Waals surface area (Å²) < 4.78 is 5.18. The minimum atomic E-state index is -0.175. The Hall–Kier alpha value is -1.85. The van der Waals surface area contributed by atoms with Crippen LogP contribution >= 0.6 is 0 Å². The highest BCUT2D eigenvalue weighted by atomic mass is 16.5. The monoisotopic (exact) mass is 355 g/mol. The minimum Gasteiger partial charge on any atom is -0.383 e. The van der Waals surface area contributed by atoms with Gasteiger partial charge < -0.3 is 14.6 Å². The number of fused-ring (bicyclic) bond motifs is 1. The molecule has 1 atom stereocenters. The van der Waals surface area contributed by atoms with Crippen molar-refractivity contribution in [1.29, 1.82) is 0 Å². The fourth-order valence-corrected chi connectivity index (χ4v) is 4.76. The number of aromatic nitrogens is 1. The van der Waals surface area contributed by atoms with Crippen molar-refractivity contribution >= 4 is 16.8 Å². The van der Waals surface area contributed by atoms with Crippen molar-refractivity contribution in [2.45, 2.75) is 32.7 Å². The molecule has 1 aromatic carbocycles. The quantitative estimate of drug-likeness (QED) is 0.897. The standard InChI is InChI=1S/C21H29N3O2/c1-16-17-6-3-4-7-18(17)22-19(16)14-23-11-9-21(15-23)8-5-10-24(20(21)25)12-13-26-2/h3-4,6-7,22H,5,8-15H2,1-2H3. The number of nitrogens with one attached hydrogen (secondary N) is 1. The van der Waals surface area contributed by atoms with Gasteiger partial charge in [-0.15, -0.1) is 0 Å². The zero-order valence-electron chi connectivity index (χ0n) is 15.9. The Bertz CT molecular complexity index is 800. The third-order valence-corrected chi connectivity index (χ3v) is 6.27. The number of carbonyl (C=O) groups is 1. The minimum absolute atomic E-state index is 0.175. The number of aromatic amines is 1. The maximum Gasteiger partial charge on any atom is 0.230 e. The van der Waals surface area contributed by atoms with E-state index in [1.165, 1.54) is 22.2 Å². The maximum atomic E-state index is 13.1. The molecule has 5 heteroatoms. The summed E-state index contributed by atoms with van der Waals surface area (Å²) in [5.74, 6) is 0.344. The van der Waals surface area contributed by atoms with Gasteiger partial charge in [-0.1, -0.05) is 18.2 Å². The van der Waals surface area contributed by atoms with Crippen molar-refractivity contribution in [3.63, 3.8) is 0 Å². The number of rotatable bonds is 5. The highest BCUT2D eigenvalue weighted by Gasteiger charge is 2.48. The molecule has 140 valence electrons. The van der Waals surface area contributed by atoms with E-state index >= 15 is 0 Å². The fourth-order valence-electron chi connectivity index (χ4n) is 4.76. The highest BCUT2D eigenvalue weighted by Crippen LogP contribution is 2.40. The molecule has 2 aliphatic rings. The van der Waals surface area contributed by atoms with Crippen molar-refractivity contribution in [2.75, 3.05) is 39.9 Å². The first-order chi connectivity index (χ1) is 12.6. The number of hydrogen-bond donors (Lipinski definition) is 1. The molecule has 0 bridgehead atoms. The summed E-state index contributed by atoms with van der Waals surface area (Å²) in [6.07, 6.45) is 3.11. The summed E-state index contributed by atoms with van der Waals surface area (Å²) in [4.78, 5) is 21.1. The lowest BCUT2D eigenvalue weighted by Gasteiger charge is -2.39. The molecule has 2 saturated heterocycles. The van der Waals surface area contributed by atoms with Crippen LogP contribution in [-0.2, 0) is 16.1 Å². The smallest absolute Gasteiger partial charge is 0.230 e. The van der Waals surface area contributed by atoms with E-state index in [0.717, 1.165) is 52.0 Å². The van der Waals surface area contributed by atoms with Gasteiger partial charge >= 0.3 is 0 Å². The van der Waals surface area contributed by atoms with Crippen LogP contribution in [0.1, 0.15) is 30.5 Å². The highest BCUT2D eigenvalue weighted by molar-refractivity contribution is 5.85. The lowest BCUT2D eigenvalue weighted by atomic mass is 9.78. The summed E-state index contributed by atoms with van der Waals surface area (Å²) in [6, 6.07) is 8.47. The number of para-hydroxylation sites is 1. The van der Waals surface area contributed by atoms with Gasteiger partial charge in [0, 0.05) is 49.9 Å². The zero-order valence-corrected chi connectivity index (χ0v) is 15.9. The van der Waals surface area contributed by atoms with Crippen molar-refractivity contribution < 1.29 is 9.53 Å². The predicted molar refractivity (Wildman–Crippen MR) is 103 cm³/mol. The predicted octanol–water partition coefficient (Wildman–Crippen LogP) is 2.94. The second-order valence-electron chi connectivity index (χ2n) is 7.90. The Balaban J connectivity index is 1.47. The van der Waals surface area contributed by atoms with Crippen LogP contribution in [0.3, 0.4) is 0 Å². The van der Waals surface area contributed by atoms with Crippen molar-refractivity contribution in [1.82, 2.24) is 14.8 Å². The van der Waals surface area contributed by atoms with Crippen LogP contribution in [0.2, 0.25) is 0 Å². The summed E-state index contributed by atoms with van der Waals surface area (Å²) in [6.45, 7) is 7.19. The largest absolute Gasteiger partial charge is 0.383 e. The second-order valence-corrected chi connectivity index (χ2v) is 7.90. The lowest BCUT2D eigenvalue weighted by molar-refractivity contribution is -0.146. The summed E-state index contributed by atoms with van der Waals surface area (Å²) in [5.41, 5.74) is 3.64. The third kappa shape index (κ3) is 3.03. The van der Waals surface area contributed by atoms with Gasteiger partial charge in [0.05, 0.1) is 12.0 Å². The van der Waals surface area contributed by atoms with E-state index < -0.39 is 0 Å². The lowest BCUT2D eigenvalue weighted by Crippen LogP contribution is -2.50. The molecular formula is C21H29N3O2. The van der Waals surface area contributed by atoms with Gasteiger partial charge in [0.15, 0.2) is 0 Å². The number of hydrogen-bond acceptors (Lipinski definition) is 3. The number of H-pyrrole nitrogens is 1. The first-order valence-electron chi connectivity index (χ1n) is 9.70. The second kappa shape index (κ2) is 7.05. The molecule has 1 unspecified atom stereocenters. The van der Waals surface area contributed by atoms with Crippen molar-refractivity contribution in [3.05, 3.63) is 35.5 Å². The molecule has 4 rings (SSSR count). The molecule has 1 amide bonds. The van der Waals surface area contributed by atoms with Gasteiger partial charge in [0.25, 0.3) is 0 Å². The maximum absolute atomic E-state index is 13.1. The summed E-state index contributed by atoms with van der Waals surface area (Å²) >= 11 is 0. The Morgan fingerprint density at radius 1 is 1.23 bits per heavy atom. The molecule has 1 aromatic heterocycles. The van der Waals surface area contributed by atoms with E-state index in [-0.39, 0.29) is 5.41 Å². The molecular weight excluding hydrogens is 326 g/mol. The van der Waals surface area contributed by atoms with E-state index in [1.807, 2.05) is 4.90 Å². The zero-order chi connectivity index (χ0) is 18.1. The number of piperidine rings is 1. The van der Waals surface area contributed by atoms with E-state index in [2.05, 4.69) is 41.1 Å². The molecule has 1 N–H and O–H groups in total. The number of benzene rings is 1. The van der Waals surface area contributed by atoms with Crippen molar-refractivity contribution in [3.8, 4) is 0 Å². The number of nitrogens with zero attached hydrogens (tertiary/aromatic N) is 2. The Labute approximate surface area is 155 Å². The number of ether oxygens (including phenoxy) is 1. The van der Waals surface area contributed by atoms with Gasteiger partial charge in [0.2, 0.25) is 5.91 Å². The van der Waals surface area contributed by atoms with E-state index in [0.29, 0.717) is 12.5 Å². The van der Waals surface area contributed by atoms with Gasteiger partial charge in [-0.05, 0) is 44.4 Å². The first-order valence-corrected chi connectivity index (χ1v) is 9.70. The summed E-state index contributed by atoms with van der Waals surface area (Å²) in [5, 5.41) is 1.30. The third-order valence-electron chi connectivity index (χ3n) is 6.27. The summed E-state index contributed by atoms with van der Waals surface area (Å²) in [7, 11) is 1.70. The van der Waals surface area contributed by atoms with Crippen LogP contribution in [-0.4, -0.2) is 60.6 Å². The van der Waals surface area contributed by atoms with Crippen LogP contribution < -0.4 is 0 Å². The molecule has 3 heterocycles. The first kappa shape index (κ1) is 17.6. The van der Waals surface area contributed by atoms with E-state index in [4.69, 9.17) is 4.74 Å². The van der Waals surface area contributed by atoms with Gasteiger partial charge in [-0.25, -0.2) is 0 Å². The van der Waals surface area contributed by atoms with Crippen LogP contribution in [0, 0.1) is 12.3 Å². The van der Waals surface area contributed by atoms with E-state index in [9.17, 15) is 4.79 Å². The molecule has 0 saturated carbocycles. The van der Waals surface area contributed by atoms with Gasteiger partial charge in [-0.2, -0.15) is 0 Å². The SMILES string of the molecule is COCCN1CCCC2(CCN(Cc3[nH]c4ccccc4c3C)C2)C1=O. The average molecular weight is 355 g/mol. The van der Waals surface area contributed by atoms with Gasteiger partial charge in [0.1, 0.15) is 0 Å². The molecule has 0 aliphatic carbocycles. The molecule has 1 spiro atoms. The van der Waals surface area contributed by atoms with Crippen molar-refractivity contribution in [2.24, 2.45) is 5.41 Å². The van der Waals surface area contributed by atoms with Crippen LogP contribution in [0.25, 0.3) is 10.9 Å². The molecule has 26 heavy (non-hydrogen) atoms. The molecule has 0 radical (unpaired) electrons. The topological polar surface area (TPSA) is 48.6 Å². The number of aryl methyl sites for hydroxylation is 1. The average Bonchev–Trinajstić information content (AvgIpc) is 3.19. The van der Waals surface area contributed by atoms with Crippen LogP contribution in [0.5, 0.6) is 0 Å².